The maximum Gasteiger partial charge on any atom is 0.274 e. The molecule has 0 saturated carbocycles. The number of anilines is 3. The number of benzene rings is 1. The molecule has 1 aliphatic heterocycles. The lowest BCUT2D eigenvalue weighted by atomic mass is 10.1. The molecule has 3 heterocycles. The van der Waals surface area contributed by atoms with Gasteiger partial charge in [0.25, 0.3) is 5.91 Å². The number of rotatable bonds is 4. The summed E-state index contributed by atoms with van der Waals surface area (Å²) in [7, 11) is 0. The Morgan fingerprint density at radius 2 is 1.55 bits per heavy atom. The largest absolute Gasteiger partial charge is 0.337 e. The maximum atomic E-state index is 12.7. The Morgan fingerprint density at radius 1 is 0.897 bits per heavy atom. The number of carbonyl (C=O) groups is 1. The highest BCUT2D eigenvalue weighted by molar-refractivity contribution is 6.03. The molecular weight excluding hydrogens is 366 g/mol. The monoisotopic (exact) mass is 389 g/mol. The van der Waals surface area contributed by atoms with E-state index in [9.17, 15) is 4.79 Å². The molecule has 1 aromatic carbocycles. The average Bonchev–Trinajstić information content (AvgIpc) is 2.77. The molecule has 1 saturated heterocycles. The Kier molecular flexibility index (Phi) is 5.33. The predicted molar refractivity (Wildman–Crippen MR) is 112 cm³/mol. The molecule has 29 heavy (non-hydrogen) atoms. The van der Waals surface area contributed by atoms with Crippen LogP contribution in [0.2, 0.25) is 0 Å². The minimum Gasteiger partial charge on any atom is -0.337 e. The highest BCUT2D eigenvalue weighted by Crippen LogP contribution is 2.18. The first-order valence-corrected chi connectivity index (χ1v) is 9.59. The summed E-state index contributed by atoms with van der Waals surface area (Å²) in [5, 5.41) is 2.95. The van der Waals surface area contributed by atoms with Crippen LogP contribution in [0.5, 0.6) is 0 Å². The Labute approximate surface area is 169 Å². The number of carbonyl (C=O) groups excluding carboxylic acids is 1. The Hall–Kier alpha value is -3.55. The van der Waals surface area contributed by atoms with Crippen molar-refractivity contribution < 1.29 is 4.79 Å². The minimum atomic E-state index is -0.237. The molecule has 4 rings (SSSR count). The van der Waals surface area contributed by atoms with E-state index in [2.05, 4.69) is 35.1 Å². The summed E-state index contributed by atoms with van der Waals surface area (Å²) in [6.45, 7) is 6.98. The first kappa shape index (κ1) is 18.8. The molecule has 0 aliphatic carbocycles. The van der Waals surface area contributed by atoms with Crippen molar-refractivity contribution in [1.82, 2.24) is 19.9 Å². The third-order valence-electron chi connectivity index (χ3n) is 4.91. The van der Waals surface area contributed by atoms with Crippen molar-refractivity contribution in [3.63, 3.8) is 0 Å². The van der Waals surface area contributed by atoms with Crippen molar-refractivity contribution in [2.24, 2.45) is 0 Å². The molecule has 8 nitrogen and oxygen atoms in total. The van der Waals surface area contributed by atoms with E-state index in [1.165, 1.54) is 0 Å². The first-order valence-electron chi connectivity index (χ1n) is 9.59. The number of aromatic nitrogens is 4. The number of amides is 1. The number of piperazine rings is 1. The van der Waals surface area contributed by atoms with E-state index in [0.717, 1.165) is 48.9 Å². The van der Waals surface area contributed by atoms with E-state index in [1.807, 2.05) is 38.1 Å². The van der Waals surface area contributed by atoms with Crippen LogP contribution in [-0.4, -0.2) is 52.0 Å². The van der Waals surface area contributed by atoms with E-state index in [-0.39, 0.29) is 5.91 Å². The number of hydrogen-bond acceptors (Lipinski definition) is 7. The van der Waals surface area contributed by atoms with Gasteiger partial charge in [0.1, 0.15) is 5.69 Å². The molecule has 1 aliphatic rings. The zero-order valence-electron chi connectivity index (χ0n) is 16.5. The van der Waals surface area contributed by atoms with Crippen molar-refractivity contribution in [1.29, 1.82) is 0 Å². The average molecular weight is 389 g/mol. The molecule has 0 spiro atoms. The minimum absolute atomic E-state index is 0.237. The number of nitrogens with zero attached hydrogens (tertiary/aromatic N) is 6. The van der Waals surface area contributed by atoms with Gasteiger partial charge in [0.15, 0.2) is 0 Å². The summed E-state index contributed by atoms with van der Waals surface area (Å²) in [4.78, 5) is 34.4. The van der Waals surface area contributed by atoms with Crippen LogP contribution in [0.15, 0.2) is 48.9 Å². The molecule has 3 aromatic rings. The van der Waals surface area contributed by atoms with Crippen molar-refractivity contribution in [2.75, 3.05) is 41.3 Å². The fraction of sp³-hybridized carbons (Fsp3) is 0.286. The molecule has 0 unspecified atom stereocenters. The van der Waals surface area contributed by atoms with Gasteiger partial charge in [0, 0.05) is 50.5 Å². The van der Waals surface area contributed by atoms with E-state index < -0.39 is 0 Å². The summed E-state index contributed by atoms with van der Waals surface area (Å²) in [5.41, 5.74) is 3.25. The molecule has 2 aromatic heterocycles. The molecule has 1 fully saturated rings. The quantitative estimate of drug-likeness (QED) is 0.733. The predicted octanol–water partition coefficient (Wildman–Crippen LogP) is 2.46. The summed E-state index contributed by atoms with van der Waals surface area (Å²) in [6.07, 6.45) is 5.12. The summed E-state index contributed by atoms with van der Waals surface area (Å²) >= 11 is 0. The molecular formula is C21H23N7O. The Morgan fingerprint density at radius 3 is 2.28 bits per heavy atom. The lowest BCUT2D eigenvalue weighted by Crippen LogP contribution is -2.47. The van der Waals surface area contributed by atoms with Crippen LogP contribution in [-0.2, 0) is 0 Å². The highest BCUT2D eigenvalue weighted by Gasteiger charge is 2.21. The normalized spacial score (nSPS) is 14.0. The van der Waals surface area contributed by atoms with Gasteiger partial charge in [-0.25, -0.2) is 19.9 Å². The van der Waals surface area contributed by atoms with E-state index in [1.54, 1.807) is 24.7 Å². The first-order chi connectivity index (χ1) is 14.1. The zero-order chi connectivity index (χ0) is 20.2. The van der Waals surface area contributed by atoms with E-state index in [4.69, 9.17) is 0 Å². The molecule has 0 radical (unpaired) electrons. The summed E-state index contributed by atoms with van der Waals surface area (Å²) < 4.78 is 0. The standard InChI is InChI=1S/C21H23N7O/c1-15-4-5-16(2)18(14-15)25-19(29)17-6-9-24-21(26-17)28-12-10-27(11-13-28)20-22-7-3-8-23-20/h3-9,14H,10-13H2,1-2H3,(H,25,29). The summed E-state index contributed by atoms with van der Waals surface area (Å²) in [5.74, 6) is 1.06. The van der Waals surface area contributed by atoms with Crippen molar-refractivity contribution >= 4 is 23.5 Å². The van der Waals surface area contributed by atoms with Crippen LogP contribution in [0, 0.1) is 13.8 Å². The maximum absolute atomic E-state index is 12.7. The SMILES string of the molecule is Cc1ccc(C)c(NC(=O)c2ccnc(N3CCN(c4ncccn4)CC3)n2)c1. The topological polar surface area (TPSA) is 87.1 Å². The summed E-state index contributed by atoms with van der Waals surface area (Å²) in [6, 6.07) is 9.42. The molecule has 1 N–H and O–H groups in total. The van der Waals surface area contributed by atoms with Gasteiger partial charge in [-0.3, -0.25) is 4.79 Å². The fourth-order valence-electron chi connectivity index (χ4n) is 3.25. The Balaban J connectivity index is 1.44. The van der Waals surface area contributed by atoms with Gasteiger partial charge in [-0.15, -0.1) is 0 Å². The number of hydrogen-bond donors (Lipinski definition) is 1. The van der Waals surface area contributed by atoms with Crippen LogP contribution in [0.25, 0.3) is 0 Å². The van der Waals surface area contributed by atoms with Gasteiger partial charge in [-0.05, 0) is 43.2 Å². The van der Waals surface area contributed by atoms with Crippen LogP contribution in [0.3, 0.4) is 0 Å². The van der Waals surface area contributed by atoms with E-state index in [0.29, 0.717) is 11.6 Å². The van der Waals surface area contributed by atoms with Crippen molar-refractivity contribution in [3.05, 3.63) is 65.7 Å². The third kappa shape index (κ3) is 4.31. The van der Waals surface area contributed by atoms with Gasteiger partial charge in [0.05, 0.1) is 0 Å². The third-order valence-corrected chi connectivity index (χ3v) is 4.91. The van der Waals surface area contributed by atoms with Gasteiger partial charge in [-0.1, -0.05) is 12.1 Å². The van der Waals surface area contributed by atoms with Crippen LogP contribution >= 0.6 is 0 Å². The molecule has 1 amide bonds. The second-order valence-electron chi connectivity index (χ2n) is 7.04. The number of nitrogens with one attached hydrogen (secondary N) is 1. The van der Waals surface area contributed by atoms with Gasteiger partial charge >= 0.3 is 0 Å². The fourth-order valence-corrected chi connectivity index (χ4v) is 3.25. The highest BCUT2D eigenvalue weighted by atomic mass is 16.1. The molecule has 0 atom stereocenters. The van der Waals surface area contributed by atoms with Crippen molar-refractivity contribution in [3.8, 4) is 0 Å². The second kappa shape index (κ2) is 8.22. The Bertz CT molecular complexity index is 1000. The lowest BCUT2D eigenvalue weighted by Gasteiger charge is -2.34. The molecule has 148 valence electrons. The van der Waals surface area contributed by atoms with E-state index >= 15 is 0 Å². The number of aryl methyl sites for hydroxylation is 2. The van der Waals surface area contributed by atoms with Crippen LogP contribution in [0.1, 0.15) is 21.6 Å². The zero-order valence-corrected chi connectivity index (χ0v) is 16.5. The van der Waals surface area contributed by atoms with Crippen LogP contribution < -0.4 is 15.1 Å². The van der Waals surface area contributed by atoms with Crippen molar-refractivity contribution in [2.45, 2.75) is 13.8 Å². The van der Waals surface area contributed by atoms with Gasteiger partial charge < -0.3 is 15.1 Å². The second-order valence-corrected chi connectivity index (χ2v) is 7.04. The molecule has 0 bridgehead atoms. The lowest BCUT2D eigenvalue weighted by molar-refractivity contribution is 0.102. The van der Waals surface area contributed by atoms with Gasteiger partial charge in [0.2, 0.25) is 11.9 Å². The smallest absolute Gasteiger partial charge is 0.274 e. The molecule has 8 heteroatoms. The van der Waals surface area contributed by atoms with Crippen LogP contribution in [0.4, 0.5) is 17.6 Å². The van der Waals surface area contributed by atoms with Gasteiger partial charge in [-0.2, -0.15) is 0 Å².